The molecule has 0 bridgehead atoms. The molecule has 12 heteroatoms. The third-order valence-corrected chi connectivity index (χ3v) is 4.46. The number of aromatic nitrogens is 2. The predicted molar refractivity (Wildman–Crippen MR) is 103 cm³/mol. The Balaban J connectivity index is 2.20. The Morgan fingerprint density at radius 3 is 2.76 bits per heavy atom. The van der Waals surface area contributed by atoms with Crippen LogP contribution in [0.5, 0.6) is 0 Å². The minimum Gasteiger partial charge on any atom is -0.394 e. The first kappa shape index (κ1) is 21.3. The minimum absolute atomic E-state index is 0.114. The summed E-state index contributed by atoms with van der Waals surface area (Å²) in [6.45, 7) is -0.774. The van der Waals surface area contributed by atoms with E-state index in [2.05, 4.69) is 15.1 Å². The second-order valence-electron chi connectivity index (χ2n) is 5.73. The number of benzene rings is 1. The van der Waals surface area contributed by atoms with Crippen LogP contribution in [0, 0.1) is 9.39 Å². The highest BCUT2D eigenvalue weighted by molar-refractivity contribution is 14.1. The normalized spacial score (nSPS) is 11.7. The number of fused-ring (bicyclic) bond motifs is 1. The van der Waals surface area contributed by atoms with Crippen LogP contribution < -0.4 is 10.8 Å². The number of alkyl halides is 3. The number of hydrogen-bond donors (Lipinski definition) is 3. The number of halogens is 5. The number of anilines is 2. The van der Waals surface area contributed by atoms with E-state index in [1.165, 1.54) is 18.3 Å². The van der Waals surface area contributed by atoms with Gasteiger partial charge < -0.3 is 14.8 Å². The minimum atomic E-state index is -4.90. The largest absolute Gasteiger partial charge is 0.418 e. The second kappa shape index (κ2) is 8.51. The number of carbonyl (C=O) groups is 1. The molecule has 154 valence electrons. The highest BCUT2D eigenvalue weighted by atomic mass is 127. The van der Waals surface area contributed by atoms with Crippen LogP contribution in [0.15, 0.2) is 36.9 Å². The summed E-state index contributed by atoms with van der Waals surface area (Å²) in [7, 11) is 0. The zero-order chi connectivity index (χ0) is 21.2. The SMILES string of the molecule is O=C(NOCCO)c1c(C(F)(F)F)cn2cncc2c1Nc1ccc(I)cc1F. The zero-order valence-electron chi connectivity index (χ0n) is 14.4. The number of amides is 1. The summed E-state index contributed by atoms with van der Waals surface area (Å²) < 4.78 is 57.0. The molecule has 0 aliphatic rings. The molecule has 7 nitrogen and oxygen atoms in total. The molecule has 2 aromatic heterocycles. The molecule has 0 spiro atoms. The number of imidazole rings is 1. The lowest BCUT2D eigenvalue weighted by molar-refractivity contribution is -0.138. The standard InChI is InChI=1S/C17H13F4IN4O3/c18-11-5-9(22)1-2-12(11)24-15-13-6-23-8-26(13)7-10(17(19,20)21)14(15)16(28)25-29-4-3-27/h1-2,5-8,24,27H,3-4H2,(H,25,28). The third kappa shape index (κ3) is 4.59. The molecule has 0 atom stereocenters. The third-order valence-electron chi connectivity index (χ3n) is 3.79. The fourth-order valence-corrected chi connectivity index (χ4v) is 3.04. The van der Waals surface area contributed by atoms with Gasteiger partial charge in [-0.15, -0.1) is 0 Å². The van der Waals surface area contributed by atoms with Gasteiger partial charge in [-0.2, -0.15) is 13.2 Å². The highest BCUT2D eigenvalue weighted by Gasteiger charge is 2.38. The zero-order valence-corrected chi connectivity index (χ0v) is 16.6. The van der Waals surface area contributed by atoms with Crippen molar-refractivity contribution < 1.29 is 32.3 Å². The summed E-state index contributed by atoms with van der Waals surface area (Å²) >= 11 is 1.89. The predicted octanol–water partition coefficient (Wildman–Crippen LogP) is 3.49. The van der Waals surface area contributed by atoms with E-state index >= 15 is 0 Å². The van der Waals surface area contributed by atoms with Gasteiger partial charge in [0.05, 0.1) is 53.8 Å². The Morgan fingerprint density at radius 2 is 2.10 bits per heavy atom. The van der Waals surface area contributed by atoms with Crippen LogP contribution in [0.4, 0.5) is 28.9 Å². The average Bonchev–Trinajstić information content (AvgIpc) is 3.11. The molecule has 3 aromatic rings. The summed E-state index contributed by atoms with van der Waals surface area (Å²) in [5.74, 6) is -1.93. The number of pyridine rings is 1. The van der Waals surface area contributed by atoms with Crippen molar-refractivity contribution in [3.8, 4) is 0 Å². The molecule has 1 aromatic carbocycles. The number of hydroxylamine groups is 1. The maximum absolute atomic E-state index is 14.3. The van der Waals surface area contributed by atoms with E-state index in [1.54, 1.807) is 6.07 Å². The van der Waals surface area contributed by atoms with Gasteiger partial charge >= 0.3 is 6.18 Å². The quantitative estimate of drug-likeness (QED) is 0.199. The molecule has 0 aliphatic carbocycles. The Labute approximate surface area is 174 Å². The molecule has 3 N–H and O–H groups in total. The number of aliphatic hydroxyl groups excluding tert-OH is 1. The van der Waals surface area contributed by atoms with Crippen molar-refractivity contribution in [1.29, 1.82) is 0 Å². The summed E-state index contributed by atoms with van der Waals surface area (Å²) in [6.07, 6.45) is -1.83. The van der Waals surface area contributed by atoms with Crippen molar-refractivity contribution >= 4 is 45.4 Å². The smallest absolute Gasteiger partial charge is 0.394 e. The lowest BCUT2D eigenvalue weighted by atomic mass is 10.1. The number of rotatable bonds is 6. The first-order valence-corrected chi connectivity index (χ1v) is 9.11. The molecular formula is C17H13F4IN4O3. The van der Waals surface area contributed by atoms with Crippen LogP contribution in [0.25, 0.3) is 5.52 Å². The lowest BCUT2D eigenvalue weighted by Gasteiger charge is -2.19. The molecule has 0 unspecified atom stereocenters. The van der Waals surface area contributed by atoms with E-state index in [0.29, 0.717) is 9.77 Å². The van der Waals surface area contributed by atoms with E-state index in [4.69, 9.17) is 5.11 Å². The number of aliphatic hydroxyl groups is 1. The molecule has 0 saturated heterocycles. The van der Waals surface area contributed by atoms with E-state index in [9.17, 15) is 22.4 Å². The van der Waals surface area contributed by atoms with Gasteiger partial charge in [-0.3, -0.25) is 9.63 Å². The van der Waals surface area contributed by atoms with Crippen LogP contribution in [0.3, 0.4) is 0 Å². The first-order chi connectivity index (χ1) is 13.7. The van der Waals surface area contributed by atoms with Crippen LogP contribution in [-0.4, -0.2) is 33.6 Å². The maximum atomic E-state index is 14.3. The molecular weight excluding hydrogens is 511 g/mol. The van der Waals surface area contributed by atoms with Crippen LogP contribution in [0.1, 0.15) is 15.9 Å². The van der Waals surface area contributed by atoms with Gasteiger partial charge in [-0.1, -0.05) is 0 Å². The van der Waals surface area contributed by atoms with Gasteiger partial charge in [0.2, 0.25) is 0 Å². The van der Waals surface area contributed by atoms with Gasteiger partial charge in [0.1, 0.15) is 5.82 Å². The molecule has 3 rings (SSSR count). The van der Waals surface area contributed by atoms with Gasteiger partial charge in [0.15, 0.2) is 0 Å². The van der Waals surface area contributed by atoms with Crippen molar-refractivity contribution in [2.24, 2.45) is 0 Å². The van der Waals surface area contributed by atoms with Crippen molar-refractivity contribution in [2.75, 3.05) is 18.5 Å². The van der Waals surface area contributed by atoms with E-state index in [1.807, 2.05) is 28.1 Å². The highest BCUT2D eigenvalue weighted by Crippen LogP contribution is 2.38. The van der Waals surface area contributed by atoms with Crippen molar-refractivity contribution in [1.82, 2.24) is 14.9 Å². The van der Waals surface area contributed by atoms with E-state index in [0.717, 1.165) is 10.7 Å². The van der Waals surface area contributed by atoms with Crippen LogP contribution in [-0.2, 0) is 11.0 Å². The number of hydrogen-bond acceptors (Lipinski definition) is 5. The average molecular weight is 524 g/mol. The van der Waals surface area contributed by atoms with Crippen molar-refractivity contribution in [3.05, 3.63) is 57.4 Å². The molecule has 1 amide bonds. The van der Waals surface area contributed by atoms with Gasteiger partial charge in [-0.25, -0.2) is 14.9 Å². The van der Waals surface area contributed by atoms with E-state index < -0.39 is 35.6 Å². The summed E-state index contributed by atoms with van der Waals surface area (Å²) in [6, 6.07) is 4.08. The van der Waals surface area contributed by atoms with Gasteiger partial charge in [-0.05, 0) is 40.8 Å². The fraction of sp³-hybridized carbons (Fsp3) is 0.176. The molecule has 0 radical (unpaired) electrons. The number of nitrogens with one attached hydrogen (secondary N) is 2. The lowest BCUT2D eigenvalue weighted by Crippen LogP contribution is -2.29. The molecule has 0 aliphatic heterocycles. The summed E-state index contributed by atoms with van der Waals surface area (Å²) in [5, 5.41) is 11.3. The second-order valence-corrected chi connectivity index (χ2v) is 6.97. The monoisotopic (exact) mass is 524 g/mol. The topological polar surface area (TPSA) is 87.9 Å². The van der Waals surface area contributed by atoms with Crippen molar-refractivity contribution in [3.63, 3.8) is 0 Å². The summed E-state index contributed by atoms with van der Waals surface area (Å²) in [5.41, 5.74) is -0.541. The van der Waals surface area contributed by atoms with Crippen LogP contribution in [0.2, 0.25) is 0 Å². The van der Waals surface area contributed by atoms with Crippen LogP contribution >= 0.6 is 22.6 Å². The van der Waals surface area contributed by atoms with Crippen molar-refractivity contribution in [2.45, 2.75) is 6.18 Å². The van der Waals surface area contributed by atoms with Gasteiger partial charge in [0, 0.05) is 9.77 Å². The van der Waals surface area contributed by atoms with E-state index in [-0.39, 0.29) is 23.5 Å². The number of nitrogens with zero attached hydrogens (tertiary/aromatic N) is 2. The Morgan fingerprint density at radius 1 is 1.34 bits per heavy atom. The maximum Gasteiger partial charge on any atom is 0.418 e. The molecule has 0 fully saturated rings. The van der Waals surface area contributed by atoms with Gasteiger partial charge in [0.25, 0.3) is 5.91 Å². The summed E-state index contributed by atoms with van der Waals surface area (Å²) in [4.78, 5) is 21.0. The molecule has 29 heavy (non-hydrogen) atoms. The first-order valence-electron chi connectivity index (χ1n) is 8.03. The Hall–Kier alpha value is -2.45. The molecule has 0 saturated carbocycles. The number of carbonyl (C=O) groups excluding carboxylic acids is 1. The Bertz CT molecular complexity index is 1060. The Kier molecular flexibility index (Phi) is 6.24. The molecule has 2 heterocycles. The fourth-order valence-electron chi connectivity index (χ4n) is 2.58.